The second-order valence-corrected chi connectivity index (χ2v) is 7.13. The number of rotatable bonds is 10. The largest absolute Gasteiger partial charge is 0.496 e. The van der Waals surface area contributed by atoms with Crippen molar-refractivity contribution < 1.29 is 28.7 Å². The molecule has 0 radical (unpaired) electrons. The molecule has 0 bridgehead atoms. The third-order valence-corrected chi connectivity index (χ3v) is 4.85. The summed E-state index contributed by atoms with van der Waals surface area (Å²) in [6.07, 6.45) is 1.42. The third kappa shape index (κ3) is 5.68. The molecule has 0 unspecified atom stereocenters. The second-order valence-electron chi connectivity index (χ2n) is 7.13. The summed E-state index contributed by atoms with van der Waals surface area (Å²) in [5.74, 6) is -0.329. The molecule has 2 aromatic carbocycles. The van der Waals surface area contributed by atoms with Gasteiger partial charge in [-0.2, -0.15) is 5.10 Å². The molecule has 0 N–H and O–H groups in total. The van der Waals surface area contributed by atoms with Gasteiger partial charge >= 0.3 is 5.97 Å². The number of benzene rings is 2. The molecule has 3 aromatic rings. The van der Waals surface area contributed by atoms with Gasteiger partial charge in [-0.3, -0.25) is 14.9 Å². The molecule has 0 saturated heterocycles. The van der Waals surface area contributed by atoms with Gasteiger partial charge in [0.25, 0.3) is 11.6 Å². The van der Waals surface area contributed by atoms with E-state index in [0.717, 1.165) is 5.56 Å². The van der Waals surface area contributed by atoms with Crippen LogP contribution >= 0.6 is 0 Å². The first-order valence-corrected chi connectivity index (χ1v) is 10.3. The van der Waals surface area contributed by atoms with Gasteiger partial charge in [0.15, 0.2) is 12.4 Å². The number of nitro groups is 1. The summed E-state index contributed by atoms with van der Waals surface area (Å²) in [5.41, 5.74) is 1.10. The van der Waals surface area contributed by atoms with E-state index in [-0.39, 0.29) is 36.3 Å². The third-order valence-electron chi connectivity index (χ3n) is 4.85. The van der Waals surface area contributed by atoms with Crippen LogP contribution in [0.1, 0.15) is 23.0 Å². The normalized spacial score (nSPS) is 10.4. The van der Waals surface area contributed by atoms with Crippen molar-refractivity contribution in [1.29, 1.82) is 0 Å². The number of non-ortho nitro benzene ring substituents is 1. The van der Waals surface area contributed by atoms with E-state index in [0.29, 0.717) is 18.0 Å². The minimum atomic E-state index is -0.715. The standard InChI is InChI=1S/C23H24N4O7/c1-4-33-23(29)22-20(14-26(24-22)17-9-11-18(12-10-17)27(30)31)34-15-21(28)25(2)13-16-7-5-6-8-19(16)32-3/h5-12,14H,4,13,15H2,1-3H3. The lowest BCUT2D eigenvalue weighted by atomic mass is 10.2. The Hall–Kier alpha value is -4.41. The number of methoxy groups -OCH3 is 1. The zero-order valence-corrected chi connectivity index (χ0v) is 19.0. The SMILES string of the molecule is CCOC(=O)c1nn(-c2ccc([N+](=O)[O-])cc2)cc1OCC(=O)N(C)Cc1ccccc1OC. The first-order chi connectivity index (χ1) is 16.3. The first kappa shape index (κ1) is 24.2. The van der Waals surface area contributed by atoms with Gasteiger partial charge in [-0.1, -0.05) is 18.2 Å². The van der Waals surface area contributed by atoms with E-state index in [1.54, 1.807) is 21.1 Å². The highest BCUT2D eigenvalue weighted by atomic mass is 16.6. The molecule has 0 aliphatic carbocycles. The lowest BCUT2D eigenvalue weighted by Gasteiger charge is -2.19. The van der Waals surface area contributed by atoms with E-state index < -0.39 is 10.9 Å². The van der Waals surface area contributed by atoms with Crippen molar-refractivity contribution in [3.05, 3.63) is 76.1 Å². The van der Waals surface area contributed by atoms with Crippen molar-refractivity contribution in [3.63, 3.8) is 0 Å². The number of carbonyl (C=O) groups excluding carboxylic acids is 2. The van der Waals surface area contributed by atoms with E-state index in [1.807, 2.05) is 24.3 Å². The molecule has 0 atom stereocenters. The Labute approximate surface area is 195 Å². The quantitative estimate of drug-likeness (QED) is 0.252. The van der Waals surface area contributed by atoms with Crippen LogP contribution in [0, 0.1) is 10.1 Å². The highest BCUT2D eigenvalue weighted by Gasteiger charge is 2.22. The average Bonchev–Trinajstić information content (AvgIpc) is 3.27. The van der Waals surface area contributed by atoms with Gasteiger partial charge in [-0.05, 0) is 25.1 Å². The highest BCUT2D eigenvalue weighted by molar-refractivity contribution is 5.90. The highest BCUT2D eigenvalue weighted by Crippen LogP contribution is 2.23. The first-order valence-electron chi connectivity index (χ1n) is 10.3. The minimum Gasteiger partial charge on any atom is -0.496 e. The Morgan fingerprint density at radius 2 is 1.82 bits per heavy atom. The van der Waals surface area contributed by atoms with Gasteiger partial charge < -0.3 is 19.1 Å². The van der Waals surface area contributed by atoms with Crippen LogP contribution in [0.5, 0.6) is 11.5 Å². The summed E-state index contributed by atoms with van der Waals surface area (Å²) in [7, 11) is 3.19. The molecule has 0 saturated carbocycles. The van der Waals surface area contributed by atoms with E-state index in [1.165, 1.54) is 40.0 Å². The molecule has 0 fully saturated rings. The number of ether oxygens (including phenoxy) is 3. The van der Waals surface area contributed by atoms with E-state index in [9.17, 15) is 19.7 Å². The number of likely N-dealkylation sites (N-methyl/N-ethyl adjacent to an activating group) is 1. The number of nitrogens with zero attached hydrogens (tertiary/aromatic N) is 4. The van der Waals surface area contributed by atoms with E-state index >= 15 is 0 Å². The fourth-order valence-electron chi connectivity index (χ4n) is 3.09. The van der Waals surface area contributed by atoms with Crippen LogP contribution in [0.4, 0.5) is 5.69 Å². The van der Waals surface area contributed by atoms with Gasteiger partial charge in [0.05, 0.1) is 30.5 Å². The van der Waals surface area contributed by atoms with Crippen LogP contribution in [0.2, 0.25) is 0 Å². The summed E-state index contributed by atoms with van der Waals surface area (Å²) in [6, 6.07) is 13.0. The maximum absolute atomic E-state index is 12.7. The molecule has 0 spiro atoms. The number of amides is 1. The van der Waals surface area contributed by atoms with Gasteiger partial charge in [0, 0.05) is 31.3 Å². The molecule has 34 heavy (non-hydrogen) atoms. The molecule has 1 heterocycles. The number of esters is 1. The predicted octanol–water partition coefficient (Wildman–Crippen LogP) is 3.00. The fraction of sp³-hybridized carbons (Fsp3) is 0.261. The van der Waals surface area contributed by atoms with Crippen molar-refractivity contribution in [2.45, 2.75) is 13.5 Å². The Morgan fingerprint density at radius 3 is 2.47 bits per heavy atom. The molecule has 178 valence electrons. The molecule has 11 heteroatoms. The maximum Gasteiger partial charge on any atom is 0.362 e. The van der Waals surface area contributed by atoms with Crippen LogP contribution in [0.15, 0.2) is 54.7 Å². The summed E-state index contributed by atoms with van der Waals surface area (Å²) in [6.45, 7) is 1.74. The molecule has 1 aromatic heterocycles. The second kappa shape index (κ2) is 10.9. The Morgan fingerprint density at radius 1 is 1.12 bits per heavy atom. The van der Waals surface area contributed by atoms with Gasteiger partial charge in [-0.25, -0.2) is 9.48 Å². The topological polar surface area (TPSA) is 126 Å². The molecule has 1 amide bonds. The lowest BCUT2D eigenvalue weighted by Crippen LogP contribution is -2.31. The summed E-state index contributed by atoms with van der Waals surface area (Å²) in [5, 5.41) is 15.1. The number of hydrogen-bond acceptors (Lipinski definition) is 8. The molecule has 0 aliphatic rings. The van der Waals surface area contributed by atoms with Crippen LogP contribution in [0.25, 0.3) is 5.69 Å². The smallest absolute Gasteiger partial charge is 0.362 e. The van der Waals surface area contributed by atoms with Crippen molar-refractivity contribution >= 4 is 17.6 Å². The van der Waals surface area contributed by atoms with Crippen LogP contribution in [0.3, 0.4) is 0 Å². The van der Waals surface area contributed by atoms with Crippen LogP contribution in [-0.2, 0) is 16.1 Å². The maximum atomic E-state index is 12.7. The van der Waals surface area contributed by atoms with Gasteiger partial charge in [-0.15, -0.1) is 0 Å². The molecular weight excluding hydrogens is 444 g/mol. The zero-order valence-electron chi connectivity index (χ0n) is 19.0. The zero-order chi connectivity index (χ0) is 24.7. The van der Waals surface area contributed by atoms with Crippen molar-refractivity contribution in [3.8, 4) is 17.2 Å². The summed E-state index contributed by atoms with van der Waals surface area (Å²) < 4.78 is 17.3. The number of para-hydroxylation sites is 1. The predicted molar refractivity (Wildman–Crippen MR) is 121 cm³/mol. The molecule has 0 aliphatic heterocycles. The number of aromatic nitrogens is 2. The van der Waals surface area contributed by atoms with Crippen molar-refractivity contribution in [1.82, 2.24) is 14.7 Å². The van der Waals surface area contributed by atoms with Crippen molar-refractivity contribution in [2.75, 3.05) is 27.4 Å². The summed E-state index contributed by atoms with van der Waals surface area (Å²) >= 11 is 0. The van der Waals surface area contributed by atoms with E-state index in [4.69, 9.17) is 14.2 Å². The summed E-state index contributed by atoms with van der Waals surface area (Å²) in [4.78, 5) is 36.9. The van der Waals surface area contributed by atoms with Crippen LogP contribution < -0.4 is 9.47 Å². The average molecular weight is 468 g/mol. The number of carbonyl (C=O) groups is 2. The lowest BCUT2D eigenvalue weighted by molar-refractivity contribution is -0.384. The number of hydrogen-bond donors (Lipinski definition) is 0. The Bertz CT molecular complexity index is 1170. The van der Waals surface area contributed by atoms with E-state index in [2.05, 4.69) is 5.10 Å². The number of nitro benzene ring substituents is 1. The molecule has 11 nitrogen and oxygen atoms in total. The van der Waals surface area contributed by atoms with Gasteiger partial charge in [0.2, 0.25) is 5.69 Å². The molecular formula is C23H24N4O7. The fourth-order valence-corrected chi connectivity index (χ4v) is 3.09. The molecule has 3 rings (SSSR count). The van der Waals surface area contributed by atoms with Gasteiger partial charge in [0.1, 0.15) is 5.75 Å². The monoisotopic (exact) mass is 468 g/mol. The Balaban J connectivity index is 1.76. The van der Waals surface area contributed by atoms with Crippen molar-refractivity contribution in [2.24, 2.45) is 0 Å². The Kier molecular flexibility index (Phi) is 7.80. The minimum absolute atomic E-state index is 0.0517. The van der Waals surface area contributed by atoms with Crippen LogP contribution in [-0.4, -0.2) is 58.9 Å².